The highest BCUT2D eigenvalue weighted by atomic mass is 16.3. The van der Waals surface area contributed by atoms with E-state index in [4.69, 9.17) is 0 Å². The van der Waals surface area contributed by atoms with Gasteiger partial charge >= 0.3 is 6.03 Å². The second-order valence-electron chi connectivity index (χ2n) is 5.13. The summed E-state index contributed by atoms with van der Waals surface area (Å²) in [5.74, 6) is 0. The van der Waals surface area contributed by atoms with Crippen molar-refractivity contribution in [2.45, 2.75) is 45.3 Å². The molecule has 0 spiro atoms. The van der Waals surface area contributed by atoms with E-state index < -0.39 is 6.10 Å². The maximum atomic E-state index is 12.2. The number of aliphatic hydroxyl groups is 1. The van der Waals surface area contributed by atoms with Crippen LogP contribution < -0.4 is 5.32 Å². The molecular formula is C15H22N2O2. The van der Waals surface area contributed by atoms with Crippen LogP contribution in [0.25, 0.3) is 0 Å². The predicted octanol–water partition coefficient (Wildman–Crippen LogP) is 3.15. The van der Waals surface area contributed by atoms with Gasteiger partial charge in [0, 0.05) is 18.3 Å². The second kappa shape index (κ2) is 6.06. The molecule has 1 fully saturated rings. The zero-order valence-electron chi connectivity index (χ0n) is 11.6. The Morgan fingerprint density at radius 1 is 1.47 bits per heavy atom. The average molecular weight is 262 g/mol. The fourth-order valence-electron chi connectivity index (χ4n) is 2.57. The maximum absolute atomic E-state index is 12.2. The molecule has 0 aromatic heterocycles. The van der Waals surface area contributed by atoms with Crippen molar-refractivity contribution in [2.75, 3.05) is 11.9 Å². The van der Waals surface area contributed by atoms with Gasteiger partial charge in [-0.2, -0.15) is 0 Å². The van der Waals surface area contributed by atoms with Crippen LogP contribution in [-0.2, 0) is 0 Å². The van der Waals surface area contributed by atoms with Crippen LogP contribution in [0.5, 0.6) is 0 Å². The third-order valence-corrected chi connectivity index (χ3v) is 3.75. The number of rotatable bonds is 3. The van der Waals surface area contributed by atoms with Crippen molar-refractivity contribution >= 4 is 11.7 Å². The lowest BCUT2D eigenvalue weighted by atomic mass is 10.1. The summed E-state index contributed by atoms with van der Waals surface area (Å²) in [4.78, 5) is 14.1. The van der Waals surface area contributed by atoms with Crippen molar-refractivity contribution in [1.82, 2.24) is 4.90 Å². The summed E-state index contributed by atoms with van der Waals surface area (Å²) in [6.45, 7) is 4.69. The molecule has 4 nitrogen and oxygen atoms in total. The van der Waals surface area contributed by atoms with Crippen LogP contribution in [0, 0.1) is 0 Å². The minimum Gasteiger partial charge on any atom is -0.389 e. The van der Waals surface area contributed by atoms with E-state index in [-0.39, 0.29) is 6.03 Å². The van der Waals surface area contributed by atoms with E-state index in [1.807, 2.05) is 29.2 Å². The van der Waals surface area contributed by atoms with Crippen molar-refractivity contribution in [3.63, 3.8) is 0 Å². The number of hydrogen-bond acceptors (Lipinski definition) is 2. The Kier molecular flexibility index (Phi) is 4.43. The molecule has 1 aliphatic rings. The molecule has 0 bridgehead atoms. The smallest absolute Gasteiger partial charge is 0.322 e. The monoisotopic (exact) mass is 262 g/mol. The van der Waals surface area contributed by atoms with Gasteiger partial charge in [0.05, 0.1) is 6.10 Å². The number of likely N-dealkylation sites (tertiary alicyclic amines) is 1. The van der Waals surface area contributed by atoms with Gasteiger partial charge in [-0.15, -0.1) is 0 Å². The first kappa shape index (κ1) is 13.9. The lowest BCUT2D eigenvalue weighted by Crippen LogP contribution is -2.38. The lowest BCUT2D eigenvalue weighted by molar-refractivity contribution is 0.199. The molecule has 2 atom stereocenters. The van der Waals surface area contributed by atoms with Crippen LogP contribution >= 0.6 is 0 Å². The van der Waals surface area contributed by atoms with Crippen LogP contribution in [0.3, 0.4) is 0 Å². The van der Waals surface area contributed by atoms with Crippen LogP contribution in [0.4, 0.5) is 10.5 Å². The molecule has 1 aromatic rings. The lowest BCUT2D eigenvalue weighted by Gasteiger charge is -2.24. The van der Waals surface area contributed by atoms with E-state index in [2.05, 4.69) is 12.2 Å². The van der Waals surface area contributed by atoms with Crippen LogP contribution in [0.2, 0.25) is 0 Å². The highest BCUT2D eigenvalue weighted by Crippen LogP contribution is 2.21. The molecule has 0 aliphatic carbocycles. The minimum atomic E-state index is -0.479. The summed E-state index contributed by atoms with van der Waals surface area (Å²) in [5.41, 5.74) is 1.63. The topological polar surface area (TPSA) is 52.6 Å². The number of carbonyl (C=O) groups excluding carboxylic acids is 1. The zero-order chi connectivity index (χ0) is 13.8. The number of urea groups is 1. The Balaban J connectivity index is 1.98. The molecule has 19 heavy (non-hydrogen) atoms. The van der Waals surface area contributed by atoms with Gasteiger partial charge in [0.25, 0.3) is 0 Å². The van der Waals surface area contributed by atoms with Crippen LogP contribution in [-0.4, -0.2) is 28.6 Å². The molecule has 2 amide bonds. The Labute approximate surface area is 114 Å². The number of amides is 2. The molecule has 1 saturated heterocycles. The Bertz CT molecular complexity index is 428. The number of benzene rings is 1. The van der Waals surface area contributed by atoms with Gasteiger partial charge in [0.15, 0.2) is 0 Å². The highest BCUT2D eigenvalue weighted by molar-refractivity contribution is 5.89. The maximum Gasteiger partial charge on any atom is 0.322 e. The normalized spacial score (nSPS) is 20.4. The largest absolute Gasteiger partial charge is 0.389 e. The first-order valence-electron chi connectivity index (χ1n) is 6.97. The average Bonchev–Trinajstić information content (AvgIpc) is 2.87. The van der Waals surface area contributed by atoms with E-state index >= 15 is 0 Å². The van der Waals surface area contributed by atoms with E-state index in [0.717, 1.165) is 37.1 Å². The summed E-state index contributed by atoms with van der Waals surface area (Å²) in [6.07, 6.45) is 2.72. The van der Waals surface area contributed by atoms with Gasteiger partial charge in [-0.25, -0.2) is 4.79 Å². The summed E-state index contributed by atoms with van der Waals surface area (Å²) in [5, 5.41) is 12.4. The fourth-order valence-corrected chi connectivity index (χ4v) is 2.57. The number of carbonyl (C=O) groups is 1. The summed E-state index contributed by atoms with van der Waals surface area (Å²) in [7, 11) is 0. The van der Waals surface area contributed by atoms with E-state index in [0.29, 0.717) is 6.04 Å². The first-order valence-corrected chi connectivity index (χ1v) is 6.97. The van der Waals surface area contributed by atoms with Gasteiger partial charge in [0.1, 0.15) is 0 Å². The molecule has 1 aromatic carbocycles. The van der Waals surface area contributed by atoms with Crippen molar-refractivity contribution in [3.05, 3.63) is 29.8 Å². The van der Waals surface area contributed by atoms with Crippen LogP contribution in [0.15, 0.2) is 24.3 Å². The third-order valence-electron chi connectivity index (χ3n) is 3.75. The molecule has 2 unspecified atom stereocenters. The number of anilines is 1. The molecule has 104 valence electrons. The summed E-state index contributed by atoms with van der Waals surface area (Å²) >= 11 is 0. The number of nitrogens with one attached hydrogen (secondary N) is 1. The highest BCUT2D eigenvalue weighted by Gasteiger charge is 2.27. The molecule has 4 heteroatoms. The molecule has 0 radical (unpaired) electrons. The second-order valence-corrected chi connectivity index (χ2v) is 5.13. The quantitative estimate of drug-likeness (QED) is 0.879. The molecule has 1 heterocycles. The molecule has 2 N–H and O–H groups in total. The van der Waals surface area contributed by atoms with Gasteiger partial charge in [-0.1, -0.05) is 19.1 Å². The Morgan fingerprint density at radius 2 is 2.16 bits per heavy atom. The van der Waals surface area contributed by atoms with E-state index in [9.17, 15) is 9.90 Å². The standard InChI is InChI=1S/C15H22N2O2/c1-3-14-5-4-10-17(14)15(19)16-13-8-6-12(7-9-13)11(2)18/h6-9,11,14,18H,3-5,10H2,1-2H3,(H,16,19). The van der Waals surface area contributed by atoms with Gasteiger partial charge in [0.2, 0.25) is 0 Å². The van der Waals surface area contributed by atoms with Gasteiger partial charge < -0.3 is 15.3 Å². The molecule has 2 rings (SSSR count). The Morgan fingerprint density at radius 3 is 2.74 bits per heavy atom. The van der Waals surface area contributed by atoms with Crippen molar-refractivity contribution < 1.29 is 9.90 Å². The van der Waals surface area contributed by atoms with Crippen molar-refractivity contribution in [1.29, 1.82) is 0 Å². The number of aliphatic hydroxyl groups excluding tert-OH is 1. The predicted molar refractivity (Wildman–Crippen MR) is 76.1 cm³/mol. The van der Waals surface area contributed by atoms with E-state index in [1.54, 1.807) is 6.92 Å². The third kappa shape index (κ3) is 3.26. The summed E-state index contributed by atoms with van der Waals surface area (Å²) in [6, 6.07) is 7.68. The van der Waals surface area contributed by atoms with Crippen molar-refractivity contribution in [2.24, 2.45) is 0 Å². The fraction of sp³-hybridized carbons (Fsp3) is 0.533. The number of hydrogen-bond donors (Lipinski definition) is 2. The zero-order valence-corrected chi connectivity index (χ0v) is 11.6. The summed E-state index contributed by atoms with van der Waals surface area (Å²) < 4.78 is 0. The number of nitrogens with zero attached hydrogens (tertiary/aromatic N) is 1. The minimum absolute atomic E-state index is 0.0193. The first-order chi connectivity index (χ1) is 9.11. The SMILES string of the molecule is CCC1CCCN1C(=O)Nc1ccc(C(C)O)cc1. The van der Waals surface area contributed by atoms with E-state index in [1.165, 1.54) is 0 Å². The van der Waals surface area contributed by atoms with Gasteiger partial charge in [-0.05, 0) is 43.9 Å². The molecule has 1 aliphatic heterocycles. The Hall–Kier alpha value is -1.55. The van der Waals surface area contributed by atoms with Gasteiger partial charge in [-0.3, -0.25) is 0 Å². The van der Waals surface area contributed by atoms with Crippen LogP contribution in [0.1, 0.15) is 44.8 Å². The van der Waals surface area contributed by atoms with Crippen molar-refractivity contribution in [3.8, 4) is 0 Å². The molecule has 0 saturated carbocycles. The molecular weight excluding hydrogens is 240 g/mol.